The monoisotopic (exact) mass is 229 g/mol. The van der Waals surface area contributed by atoms with Gasteiger partial charge in [0.05, 0.1) is 7.11 Å². The molecule has 0 radical (unpaired) electrons. The van der Waals surface area contributed by atoms with Crippen molar-refractivity contribution in [2.45, 2.75) is 6.92 Å². The predicted octanol–water partition coefficient (Wildman–Crippen LogP) is 0.875. The van der Waals surface area contributed by atoms with Gasteiger partial charge in [-0.2, -0.15) is 0 Å². The number of methoxy groups -OCH3 is 1. The van der Waals surface area contributed by atoms with Crippen LogP contribution in [0.1, 0.15) is 17.4 Å². The van der Waals surface area contributed by atoms with Gasteiger partial charge in [-0.1, -0.05) is 11.6 Å². The summed E-state index contributed by atoms with van der Waals surface area (Å²) in [4.78, 5) is 29.3. The van der Waals surface area contributed by atoms with E-state index in [-0.39, 0.29) is 22.4 Å². The van der Waals surface area contributed by atoms with Crippen LogP contribution in [0.2, 0.25) is 5.02 Å². The lowest BCUT2D eigenvalue weighted by Gasteiger charge is -2.05. The number of hydrogen-bond acceptors (Lipinski definition) is 5. The van der Waals surface area contributed by atoms with Crippen molar-refractivity contribution >= 4 is 29.3 Å². The van der Waals surface area contributed by atoms with E-state index in [0.29, 0.717) is 0 Å². The molecule has 7 heteroatoms. The van der Waals surface area contributed by atoms with Crippen molar-refractivity contribution < 1.29 is 14.3 Å². The van der Waals surface area contributed by atoms with Crippen molar-refractivity contribution in [3.63, 3.8) is 0 Å². The van der Waals surface area contributed by atoms with E-state index in [1.165, 1.54) is 14.0 Å². The van der Waals surface area contributed by atoms with Crippen molar-refractivity contribution in [1.29, 1.82) is 0 Å². The molecule has 1 N–H and O–H groups in total. The van der Waals surface area contributed by atoms with E-state index in [1.54, 1.807) is 0 Å². The van der Waals surface area contributed by atoms with Crippen molar-refractivity contribution in [2.24, 2.45) is 0 Å². The number of carbonyl (C=O) groups excluding carboxylic acids is 2. The summed E-state index contributed by atoms with van der Waals surface area (Å²) >= 11 is 5.79. The normalized spacial score (nSPS) is 9.53. The van der Waals surface area contributed by atoms with Crippen LogP contribution >= 0.6 is 11.6 Å². The van der Waals surface area contributed by atoms with Crippen LogP contribution in [-0.2, 0) is 9.53 Å². The Morgan fingerprint density at radius 2 is 2.13 bits per heavy atom. The van der Waals surface area contributed by atoms with E-state index in [2.05, 4.69) is 20.0 Å². The van der Waals surface area contributed by atoms with Gasteiger partial charge in [0.15, 0.2) is 11.5 Å². The number of nitrogens with zero attached hydrogens (tertiary/aromatic N) is 2. The van der Waals surface area contributed by atoms with E-state index in [0.717, 1.165) is 6.33 Å². The lowest BCUT2D eigenvalue weighted by Crippen LogP contribution is -2.12. The van der Waals surface area contributed by atoms with Gasteiger partial charge in [0, 0.05) is 6.92 Å². The molecule has 1 aromatic heterocycles. The number of rotatable bonds is 2. The number of halogens is 1. The second kappa shape index (κ2) is 4.70. The minimum Gasteiger partial charge on any atom is -0.464 e. The number of nitrogens with one attached hydrogen (secondary N) is 1. The zero-order valence-electron chi connectivity index (χ0n) is 8.07. The van der Waals surface area contributed by atoms with Crippen LogP contribution in [0.5, 0.6) is 0 Å². The molecule has 1 heterocycles. The number of esters is 1. The van der Waals surface area contributed by atoms with Crippen LogP contribution in [-0.4, -0.2) is 29.0 Å². The summed E-state index contributed by atoms with van der Waals surface area (Å²) in [7, 11) is 1.21. The van der Waals surface area contributed by atoms with Crippen LogP contribution in [0, 0.1) is 0 Å². The largest absolute Gasteiger partial charge is 0.464 e. The number of carbonyl (C=O) groups is 2. The second-order valence-corrected chi connectivity index (χ2v) is 2.94. The van der Waals surface area contributed by atoms with Gasteiger partial charge < -0.3 is 10.1 Å². The van der Waals surface area contributed by atoms with Crippen molar-refractivity contribution in [3.05, 3.63) is 17.0 Å². The molecule has 1 aromatic rings. The van der Waals surface area contributed by atoms with Gasteiger partial charge >= 0.3 is 5.97 Å². The van der Waals surface area contributed by atoms with Gasteiger partial charge in [-0.3, -0.25) is 4.79 Å². The first kappa shape index (κ1) is 11.4. The molecule has 0 bridgehead atoms. The first-order valence-electron chi connectivity index (χ1n) is 3.92. The van der Waals surface area contributed by atoms with Crippen LogP contribution in [0.15, 0.2) is 6.33 Å². The maximum atomic E-state index is 11.2. The summed E-state index contributed by atoms with van der Waals surface area (Å²) in [5.41, 5.74) is -0.0853. The highest BCUT2D eigenvalue weighted by Crippen LogP contribution is 2.21. The summed E-state index contributed by atoms with van der Waals surface area (Å²) in [5, 5.41) is 2.32. The zero-order valence-corrected chi connectivity index (χ0v) is 8.83. The van der Waals surface area contributed by atoms with E-state index >= 15 is 0 Å². The summed E-state index contributed by atoms with van der Waals surface area (Å²) in [6.07, 6.45) is 1.11. The molecule has 0 aromatic carbocycles. The van der Waals surface area contributed by atoms with Crippen LogP contribution in [0.3, 0.4) is 0 Å². The van der Waals surface area contributed by atoms with Crippen molar-refractivity contribution in [3.8, 4) is 0 Å². The molecule has 0 saturated carbocycles. The lowest BCUT2D eigenvalue weighted by molar-refractivity contribution is -0.114. The minimum atomic E-state index is -0.686. The Labute approximate surface area is 90.6 Å². The van der Waals surface area contributed by atoms with Crippen LogP contribution in [0.4, 0.5) is 5.82 Å². The highest BCUT2D eigenvalue weighted by atomic mass is 35.5. The Bertz CT molecular complexity index is 408. The van der Waals surface area contributed by atoms with E-state index in [9.17, 15) is 9.59 Å². The third-order valence-corrected chi connectivity index (χ3v) is 1.82. The number of amides is 1. The summed E-state index contributed by atoms with van der Waals surface area (Å²) in [6, 6.07) is 0. The molecule has 0 spiro atoms. The summed E-state index contributed by atoms with van der Waals surface area (Å²) in [5.74, 6) is -0.944. The quantitative estimate of drug-likeness (QED) is 0.762. The third-order valence-electron chi connectivity index (χ3n) is 1.46. The SMILES string of the molecule is COC(=O)c1ncnc(NC(C)=O)c1Cl. The Morgan fingerprint density at radius 1 is 1.47 bits per heavy atom. The van der Waals surface area contributed by atoms with Gasteiger partial charge in [0.1, 0.15) is 11.3 Å². The molecular weight excluding hydrogens is 222 g/mol. The van der Waals surface area contributed by atoms with Crippen LogP contribution < -0.4 is 5.32 Å². The fourth-order valence-corrected chi connectivity index (χ4v) is 1.08. The van der Waals surface area contributed by atoms with Gasteiger partial charge in [0.25, 0.3) is 0 Å². The van der Waals surface area contributed by atoms with Gasteiger partial charge in [0.2, 0.25) is 5.91 Å². The van der Waals surface area contributed by atoms with Crippen molar-refractivity contribution in [2.75, 3.05) is 12.4 Å². The Kier molecular flexibility index (Phi) is 3.56. The van der Waals surface area contributed by atoms with Gasteiger partial charge in [-0.15, -0.1) is 0 Å². The van der Waals surface area contributed by atoms with E-state index in [1.807, 2.05) is 0 Å². The summed E-state index contributed by atoms with van der Waals surface area (Å²) < 4.78 is 4.45. The number of hydrogen-bond donors (Lipinski definition) is 1. The molecule has 80 valence electrons. The lowest BCUT2D eigenvalue weighted by atomic mass is 10.4. The molecule has 0 saturated heterocycles. The standard InChI is InChI=1S/C8H8ClN3O3/c1-4(13)12-7-5(9)6(8(14)15-2)10-3-11-7/h3H,1-2H3,(H,10,11,12,13). The minimum absolute atomic E-state index is 0.0421. The molecule has 6 nitrogen and oxygen atoms in total. The molecule has 0 aliphatic carbocycles. The Balaban J connectivity index is 3.11. The molecule has 0 aliphatic heterocycles. The predicted molar refractivity (Wildman–Crippen MR) is 52.7 cm³/mol. The number of ether oxygens (including phenoxy) is 1. The van der Waals surface area contributed by atoms with Gasteiger partial charge in [-0.05, 0) is 0 Å². The summed E-state index contributed by atoms with van der Waals surface area (Å²) in [6.45, 7) is 1.30. The molecule has 0 fully saturated rings. The molecule has 15 heavy (non-hydrogen) atoms. The highest BCUT2D eigenvalue weighted by Gasteiger charge is 2.16. The molecule has 1 rings (SSSR count). The fraction of sp³-hybridized carbons (Fsp3) is 0.250. The maximum absolute atomic E-state index is 11.2. The number of aromatic nitrogens is 2. The molecule has 0 unspecified atom stereocenters. The van der Waals surface area contributed by atoms with Gasteiger partial charge in [-0.25, -0.2) is 14.8 Å². The molecular formula is C8H8ClN3O3. The highest BCUT2D eigenvalue weighted by molar-refractivity contribution is 6.35. The Morgan fingerprint density at radius 3 is 2.67 bits per heavy atom. The smallest absolute Gasteiger partial charge is 0.358 e. The average molecular weight is 230 g/mol. The molecule has 0 aliphatic rings. The average Bonchev–Trinajstić information content (AvgIpc) is 2.19. The topological polar surface area (TPSA) is 81.2 Å². The molecule has 1 amide bonds. The first-order chi connectivity index (χ1) is 7.06. The Hall–Kier alpha value is -1.69. The third kappa shape index (κ3) is 2.63. The van der Waals surface area contributed by atoms with Crippen molar-refractivity contribution in [1.82, 2.24) is 9.97 Å². The fourth-order valence-electron chi connectivity index (χ4n) is 0.863. The zero-order chi connectivity index (χ0) is 11.4. The second-order valence-electron chi connectivity index (χ2n) is 2.56. The van der Waals surface area contributed by atoms with E-state index < -0.39 is 5.97 Å². The molecule has 0 atom stereocenters. The maximum Gasteiger partial charge on any atom is 0.358 e. The number of anilines is 1. The van der Waals surface area contributed by atoms with Crippen LogP contribution in [0.25, 0.3) is 0 Å². The first-order valence-corrected chi connectivity index (χ1v) is 4.30. The van der Waals surface area contributed by atoms with E-state index in [4.69, 9.17) is 11.6 Å².